The molecule has 2 nitrogen and oxygen atoms in total. The van der Waals surface area contributed by atoms with Crippen LogP contribution in [0.2, 0.25) is 0 Å². The maximum absolute atomic E-state index is 3.55. The summed E-state index contributed by atoms with van der Waals surface area (Å²) in [6.07, 6.45) is 5.82. The van der Waals surface area contributed by atoms with Crippen LogP contribution in [0.4, 0.5) is 0 Å². The van der Waals surface area contributed by atoms with Crippen LogP contribution in [-0.4, -0.2) is 37.1 Å². The predicted molar refractivity (Wildman–Crippen MR) is 65.0 cm³/mol. The molecule has 0 radical (unpaired) electrons. The van der Waals surface area contributed by atoms with Crippen molar-refractivity contribution in [3.8, 4) is 0 Å². The van der Waals surface area contributed by atoms with Gasteiger partial charge in [-0.05, 0) is 51.1 Å². The van der Waals surface area contributed by atoms with Crippen molar-refractivity contribution in [2.75, 3.05) is 26.2 Å². The first-order valence-corrected chi connectivity index (χ1v) is 6.75. The monoisotopic (exact) mass is 210 g/mol. The fourth-order valence-corrected chi connectivity index (χ4v) is 2.87. The lowest BCUT2D eigenvalue weighted by molar-refractivity contribution is 0.160. The van der Waals surface area contributed by atoms with E-state index in [9.17, 15) is 0 Å². The molecule has 0 aromatic carbocycles. The lowest BCUT2D eigenvalue weighted by Crippen LogP contribution is -2.38. The first-order valence-electron chi connectivity index (χ1n) is 6.75. The summed E-state index contributed by atoms with van der Waals surface area (Å²) in [6.45, 7) is 9.80. The Bertz CT molecular complexity index is 189. The summed E-state index contributed by atoms with van der Waals surface area (Å²) in [6, 6.07) is 0.737. The van der Waals surface area contributed by atoms with Crippen LogP contribution in [0.3, 0.4) is 0 Å². The van der Waals surface area contributed by atoms with Crippen LogP contribution < -0.4 is 5.32 Å². The van der Waals surface area contributed by atoms with Crippen molar-refractivity contribution in [1.82, 2.24) is 10.2 Å². The van der Waals surface area contributed by atoms with Gasteiger partial charge in [-0.3, -0.25) is 0 Å². The van der Waals surface area contributed by atoms with Crippen LogP contribution >= 0.6 is 0 Å². The van der Waals surface area contributed by atoms with Crippen molar-refractivity contribution in [2.45, 2.75) is 45.6 Å². The second-order valence-electron chi connectivity index (χ2n) is 5.44. The highest BCUT2D eigenvalue weighted by Gasteiger charge is 2.26. The van der Waals surface area contributed by atoms with Crippen LogP contribution in [0, 0.1) is 11.8 Å². The molecule has 0 aromatic heterocycles. The molecule has 2 rings (SSSR count). The number of rotatable bonds is 5. The summed E-state index contributed by atoms with van der Waals surface area (Å²) in [5.41, 5.74) is 0. The highest BCUT2D eigenvalue weighted by atomic mass is 15.1. The lowest BCUT2D eigenvalue weighted by atomic mass is 9.85. The molecule has 1 aliphatic heterocycles. The molecule has 0 spiro atoms. The zero-order chi connectivity index (χ0) is 10.7. The van der Waals surface area contributed by atoms with Crippen LogP contribution in [0.5, 0.6) is 0 Å². The van der Waals surface area contributed by atoms with Gasteiger partial charge >= 0.3 is 0 Å². The van der Waals surface area contributed by atoms with Gasteiger partial charge in [0.2, 0.25) is 0 Å². The second kappa shape index (κ2) is 5.31. The summed E-state index contributed by atoms with van der Waals surface area (Å²) in [5, 5.41) is 3.55. The van der Waals surface area contributed by atoms with Crippen LogP contribution in [0.15, 0.2) is 0 Å². The van der Waals surface area contributed by atoms with E-state index in [1.807, 2.05) is 0 Å². The van der Waals surface area contributed by atoms with Gasteiger partial charge in [0.25, 0.3) is 0 Å². The standard InChI is InChI=1S/C13H26N2/c1-3-15(9-12-5-4-6-12)10-13-7-8-14-11(13)2/h11-14H,3-10H2,1-2H3. The topological polar surface area (TPSA) is 15.3 Å². The molecule has 2 heteroatoms. The van der Waals surface area contributed by atoms with E-state index in [1.54, 1.807) is 0 Å². The minimum Gasteiger partial charge on any atom is -0.314 e. The third kappa shape index (κ3) is 2.94. The molecule has 2 aliphatic rings. The van der Waals surface area contributed by atoms with E-state index in [0.29, 0.717) is 0 Å². The Morgan fingerprint density at radius 2 is 2.00 bits per heavy atom. The van der Waals surface area contributed by atoms with Crippen molar-refractivity contribution in [3.05, 3.63) is 0 Å². The van der Waals surface area contributed by atoms with Crippen molar-refractivity contribution >= 4 is 0 Å². The maximum Gasteiger partial charge on any atom is 0.00796 e. The zero-order valence-corrected chi connectivity index (χ0v) is 10.3. The van der Waals surface area contributed by atoms with Gasteiger partial charge in [0.1, 0.15) is 0 Å². The number of hydrogen-bond donors (Lipinski definition) is 1. The molecule has 1 heterocycles. The molecule has 88 valence electrons. The second-order valence-corrected chi connectivity index (χ2v) is 5.44. The molecule has 0 bridgehead atoms. The van der Waals surface area contributed by atoms with Gasteiger partial charge in [-0.15, -0.1) is 0 Å². The van der Waals surface area contributed by atoms with E-state index in [2.05, 4.69) is 24.1 Å². The van der Waals surface area contributed by atoms with Crippen molar-refractivity contribution in [2.24, 2.45) is 11.8 Å². The summed E-state index contributed by atoms with van der Waals surface area (Å²) < 4.78 is 0. The van der Waals surface area contributed by atoms with Crippen LogP contribution in [0.25, 0.3) is 0 Å². The Kier molecular flexibility index (Phi) is 4.04. The van der Waals surface area contributed by atoms with Gasteiger partial charge in [-0.2, -0.15) is 0 Å². The highest BCUT2D eigenvalue weighted by molar-refractivity contribution is 4.83. The van der Waals surface area contributed by atoms with Gasteiger partial charge < -0.3 is 10.2 Å². The van der Waals surface area contributed by atoms with Gasteiger partial charge in [0.15, 0.2) is 0 Å². The summed E-state index contributed by atoms with van der Waals surface area (Å²) in [4.78, 5) is 2.68. The Hall–Kier alpha value is -0.0800. The molecule has 0 amide bonds. The van der Waals surface area contributed by atoms with Crippen molar-refractivity contribution in [3.63, 3.8) is 0 Å². The van der Waals surface area contributed by atoms with Crippen LogP contribution in [-0.2, 0) is 0 Å². The van der Waals surface area contributed by atoms with E-state index < -0.39 is 0 Å². The molecule has 2 unspecified atom stereocenters. The van der Waals surface area contributed by atoms with Gasteiger partial charge in [-0.25, -0.2) is 0 Å². The SMILES string of the molecule is CCN(CC1CCC1)CC1CCNC1C. The van der Waals surface area contributed by atoms with Gasteiger partial charge in [0.05, 0.1) is 0 Å². The molecule has 1 saturated carbocycles. The molecule has 0 aromatic rings. The maximum atomic E-state index is 3.55. The fourth-order valence-electron chi connectivity index (χ4n) is 2.87. The smallest absolute Gasteiger partial charge is 0.00796 e. The highest BCUT2D eigenvalue weighted by Crippen LogP contribution is 2.27. The van der Waals surface area contributed by atoms with E-state index in [1.165, 1.54) is 51.9 Å². The molecule has 1 N–H and O–H groups in total. The average molecular weight is 210 g/mol. The third-order valence-electron chi connectivity index (χ3n) is 4.37. The first-order chi connectivity index (χ1) is 7.29. The minimum absolute atomic E-state index is 0.737. The molecule has 15 heavy (non-hydrogen) atoms. The number of hydrogen-bond acceptors (Lipinski definition) is 2. The zero-order valence-electron chi connectivity index (χ0n) is 10.3. The van der Waals surface area contributed by atoms with Gasteiger partial charge in [0, 0.05) is 19.1 Å². The molecular formula is C13H26N2. The van der Waals surface area contributed by atoms with E-state index in [4.69, 9.17) is 0 Å². The molecular weight excluding hydrogens is 184 g/mol. The molecule has 2 atom stereocenters. The number of nitrogens with one attached hydrogen (secondary N) is 1. The van der Waals surface area contributed by atoms with Crippen molar-refractivity contribution in [1.29, 1.82) is 0 Å². The molecule has 1 aliphatic carbocycles. The quantitative estimate of drug-likeness (QED) is 0.747. The summed E-state index contributed by atoms with van der Waals surface area (Å²) in [5.74, 6) is 1.92. The normalized spacial score (nSPS) is 32.2. The van der Waals surface area contributed by atoms with E-state index in [0.717, 1.165) is 17.9 Å². The lowest BCUT2D eigenvalue weighted by Gasteiger charge is -2.33. The van der Waals surface area contributed by atoms with E-state index in [-0.39, 0.29) is 0 Å². The van der Waals surface area contributed by atoms with Crippen molar-refractivity contribution < 1.29 is 0 Å². The van der Waals surface area contributed by atoms with E-state index >= 15 is 0 Å². The third-order valence-corrected chi connectivity index (χ3v) is 4.37. The Morgan fingerprint density at radius 3 is 2.47 bits per heavy atom. The Morgan fingerprint density at radius 1 is 1.20 bits per heavy atom. The van der Waals surface area contributed by atoms with Crippen LogP contribution in [0.1, 0.15) is 39.5 Å². The first kappa shape index (κ1) is 11.4. The minimum atomic E-state index is 0.737. The summed E-state index contributed by atoms with van der Waals surface area (Å²) in [7, 11) is 0. The Labute approximate surface area is 94.4 Å². The molecule has 1 saturated heterocycles. The predicted octanol–water partition coefficient (Wildman–Crippen LogP) is 2.11. The largest absolute Gasteiger partial charge is 0.314 e. The van der Waals surface area contributed by atoms with Gasteiger partial charge in [-0.1, -0.05) is 13.3 Å². The Balaban J connectivity index is 1.73. The molecule has 2 fully saturated rings. The average Bonchev–Trinajstić information content (AvgIpc) is 2.56. The fraction of sp³-hybridized carbons (Fsp3) is 1.00. The number of nitrogens with zero attached hydrogens (tertiary/aromatic N) is 1. The summed E-state index contributed by atoms with van der Waals surface area (Å²) >= 11 is 0.